The van der Waals surface area contributed by atoms with E-state index in [4.69, 9.17) is 15.0 Å². The summed E-state index contributed by atoms with van der Waals surface area (Å²) in [5.74, 6) is -5.47. The van der Waals surface area contributed by atoms with E-state index in [0.717, 1.165) is 0 Å². The van der Waals surface area contributed by atoms with Gasteiger partial charge in [-0.05, 0) is 0 Å². The topological polar surface area (TPSA) is 278 Å². The van der Waals surface area contributed by atoms with Gasteiger partial charge in [0.05, 0.1) is 0 Å². The number of nitrogens with zero attached hydrogens (tertiary/aromatic N) is 4. The molecule has 0 bridgehead atoms. The highest BCUT2D eigenvalue weighted by Gasteiger charge is 2.39. The standard InChI is InChI=1S/2C9H8N2O7.CH2O3/c2*12-5-1-2-6(13)10(5)17-9(16)18-11-7(14)3-4-8(11)15;2-1(3)4/h2*1-4H2;(H2,2,3,4). The maximum Gasteiger partial charge on any atom is 0.560 e. The summed E-state index contributed by atoms with van der Waals surface area (Å²) in [4.78, 5) is 137. The van der Waals surface area contributed by atoms with Crippen molar-refractivity contribution in [3.8, 4) is 0 Å². The number of carboxylic acid groups (broad SMARTS) is 2. The van der Waals surface area contributed by atoms with E-state index in [-0.39, 0.29) is 71.6 Å². The molecule has 0 radical (unpaired) electrons. The maximum absolute atomic E-state index is 11.2. The normalized spacial score (nSPS) is 18.4. The van der Waals surface area contributed by atoms with Gasteiger partial charge in [-0.1, -0.05) is 20.3 Å². The number of hydrogen-bond donors (Lipinski definition) is 2. The fourth-order valence-corrected chi connectivity index (χ4v) is 2.96. The summed E-state index contributed by atoms with van der Waals surface area (Å²) in [5.41, 5.74) is 0. The van der Waals surface area contributed by atoms with E-state index in [0.29, 0.717) is 0 Å². The first kappa shape index (κ1) is 30.6. The quantitative estimate of drug-likeness (QED) is 0.371. The minimum Gasteiger partial charge on any atom is -0.450 e. The van der Waals surface area contributed by atoms with Crippen molar-refractivity contribution < 1.29 is 82.3 Å². The monoisotopic (exact) mass is 574 g/mol. The second-order valence-electron chi connectivity index (χ2n) is 7.48. The molecule has 2 N–H and O–H groups in total. The zero-order chi connectivity index (χ0) is 30.1. The van der Waals surface area contributed by atoms with E-state index < -0.39 is 65.7 Å². The molecule has 40 heavy (non-hydrogen) atoms. The Labute approximate surface area is 220 Å². The van der Waals surface area contributed by atoms with Gasteiger partial charge in [-0.3, -0.25) is 57.7 Å². The number of hydrogen-bond acceptors (Lipinski definition) is 15. The van der Waals surface area contributed by atoms with Gasteiger partial charge in [0.15, 0.2) is 0 Å². The minimum absolute atomic E-state index is 0.0618. The van der Waals surface area contributed by atoms with Gasteiger partial charge in [0.1, 0.15) is 0 Å². The summed E-state index contributed by atoms with van der Waals surface area (Å²) in [6, 6.07) is 0. The van der Waals surface area contributed by atoms with Crippen LogP contribution >= 0.6 is 0 Å². The second kappa shape index (κ2) is 13.3. The van der Waals surface area contributed by atoms with Crippen molar-refractivity contribution >= 4 is 65.7 Å². The first-order valence-electron chi connectivity index (χ1n) is 10.9. The lowest BCUT2D eigenvalue weighted by Crippen LogP contribution is -2.37. The van der Waals surface area contributed by atoms with Crippen molar-refractivity contribution in [3.63, 3.8) is 0 Å². The summed E-state index contributed by atoms with van der Waals surface area (Å²) in [7, 11) is 0. The zero-order valence-corrected chi connectivity index (χ0v) is 20.0. The molecule has 0 aromatic carbocycles. The number of amides is 8. The fourth-order valence-electron chi connectivity index (χ4n) is 2.96. The molecule has 21 heteroatoms. The fraction of sp³-hybridized carbons (Fsp3) is 0.421. The Morgan fingerprint density at radius 1 is 0.400 bits per heavy atom. The Kier molecular flexibility index (Phi) is 10.1. The highest BCUT2D eigenvalue weighted by atomic mass is 16.9. The van der Waals surface area contributed by atoms with Gasteiger partial charge in [0.25, 0.3) is 47.3 Å². The average Bonchev–Trinajstić information content (AvgIpc) is 3.57. The van der Waals surface area contributed by atoms with Crippen molar-refractivity contribution in [2.24, 2.45) is 0 Å². The first-order valence-corrected chi connectivity index (χ1v) is 10.9. The number of hydroxylamine groups is 8. The molecule has 4 saturated heterocycles. The predicted molar refractivity (Wildman–Crippen MR) is 110 cm³/mol. The van der Waals surface area contributed by atoms with Gasteiger partial charge in [-0.15, -0.1) is 0 Å². The smallest absolute Gasteiger partial charge is 0.450 e. The molecular weight excluding hydrogens is 556 g/mol. The van der Waals surface area contributed by atoms with E-state index in [1.165, 1.54) is 0 Å². The third-order valence-electron chi connectivity index (χ3n) is 4.69. The number of carbonyl (C=O) groups excluding carboxylic acids is 10. The Morgan fingerprint density at radius 3 is 0.650 bits per heavy atom. The molecular formula is C19H18N4O17. The van der Waals surface area contributed by atoms with Crippen LogP contribution in [0, 0.1) is 0 Å². The van der Waals surface area contributed by atoms with Crippen LogP contribution in [0.3, 0.4) is 0 Å². The van der Waals surface area contributed by atoms with Crippen LogP contribution in [0.5, 0.6) is 0 Å². The molecule has 4 aliphatic heterocycles. The summed E-state index contributed by atoms with van der Waals surface area (Å²) in [6.45, 7) is 0. The molecule has 4 aliphatic rings. The number of imide groups is 4. The lowest BCUT2D eigenvalue weighted by molar-refractivity contribution is -0.199. The number of rotatable bonds is 4. The SMILES string of the molecule is O=C(O)O.O=C(ON1C(=O)CCC1=O)ON1C(=O)CCC1=O.O=C(ON1C(=O)CCC1=O)ON1C(=O)CCC1=O. The Bertz CT molecular complexity index is 947. The van der Waals surface area contributed by atoms with Crippen LogP contribution in [-0.4, -0.2) is 96.2 Å². The van der Waals surface area contributed by atoms with E-state index in [2.05, 4.69) is 19.4 Å². The molecule has 4 fully saturated rings. The molecule has 0 spiro atoms. The molecule has 0 aromatic rings. The molecule has 4 heterocycles. The predicted octanol–water partition coefficient (Wildman–Crippen LogP) is -1.24. The third kappa shape index (κ3) is 8.19. The van der Waals surface area contributed by atoms with E-state index in [1.54, 1.807) is 0 Å². The van der Waals surface area contributed by atoms with Crippen molar-refractivity contribution in [1.82, 2.24) is 20.3 Å². The zero-order valence-electron chi connectivity index (χ0n) is 20.0. The summed E-state index contributed by atoms with van der Waals surface area (Å²) in [6.07, 6.45) is -5.30. The van der Waals surface area contributed by atoms with Gasteiger partial charge in [-0.25, -0.2) is 4.79 Å². The Balaban J connectivity index is 0.000000247. The minimum atomic E-state index is -1.83. The molecule has 8 amide bonds. The molecule has 0 aromatic heterocycles. The van der Waals surface area contributed by atoms with Crippen molar-refractivity contribution in [3.05, 3.63) is 0 Å². The van der Waals surface area contributed by atoms with Crippen LogP contribution in [0.4, 0.5) is 14.4 Å². The summed E-state index contributed by atoms with van der Waals surface area (Å²) >= 11 is 0. The van der Waals surface area contributed by atoms with Crippen LogP contribution in [0.1, 0.15) is 51.4 Å². The Hall–Kier alpha value is -5.63. The van der Waals surface area contributed by atoms with Crippen molar-refractivity contribution in [2.45, 2.75) is 51.4 Å². The molecule has 0 atom stereocenters. The average molecular weight is 574 g/mol. The van der Waals surface area contributed by atoms with E-state index in [9.17, 15) is 47.9 Å². The van der Waals surface area contributed by atoms with Gasteiger partial charge in [0.2, 0.25) is 0 Å². The molecule has 0 unspecified atom stereocenters. The summed E-state index contributed by atoms with van der Waals surface area (Å²) < 4.78 is 0. The third-order valence-corrected chi connectivity index (χ3v) is 4.69. The van der Waals surface area contributed by atoms with E-state index >= 15 is 0 Å². The van der Waals surface area contributed by atoms with Gasteiger partial charge >= 0.3 is 18.5 Å². The molecule has 21 nitrogen and oxygen atoms in total. The molecule has 216 valence electrons. The largest absolute Gasteiger partial charge is 0.560 e. The lowest BCUT2D eigenvalue weighted by atomic mass is 10.4. The highest BCUT2D eigenvalue weighted by Crippen LogP contribution is 2.17. The maximum atomic E-state index is 11.2. The van der Waals surface area contributed by atoms with Crippen LogP contribution in [0.2, 0.25) is 0 Å². The molecule has 0 aliphatic carbocycles. The van der Waals surface area contributed by atoms with Crippen LogP contribution in [-0.2, 0) is 57.7 Å². The molecule has 0 saturated carbocycles. The Morgan fingerprint density at radius 2 is 0.525 bits per heavy atom. The van der Waals surface area contributed by atoms with E-state index in [1.807, 2.05) is 0 Å². The highest BCUT2D eigenvalue weighted by molar-refractivity contribution is 6.03. The summed E-state index contributed by atoms with van der Waals surface area (Å²) in [5, 5.41) is 15.0. The van der Waals surface area contributed by atoms with Crippen molar-refractivity contribution in [2.75, 3.05) is 0 Å². The van der Waals surface area contributed by atoms with Gasteiger partial charge in [0, 0.05) is 51.4 Å². The lowest BCUT2D eigenvalue weighted by Gasteiger charge is -2.15. The van der Waals surface area contributed by atoms with Gasteiger partial charge < -0.3 is 10.2 Å². The number of carbonyl (C=O) groups is 11. The molecule has 4 rings (SSSR count). The van der Waals surface area contributed by atoms with Crippen LogP contribution in [0.15, 0.2) is 0 Å². The van der Waals surface area contributed by atoms with Crippen LogP contribution in [0.25, 0.3) is 0 Å². The van der Waals surface area contributed by atoms with Crippen LogP contribution < -0.4 is 0 Å². The van der Waals surface area contributed by atoms with Crippen molar-refractivity contribution in [1.29, 1.82) is 0 Å². The second-order valence-corrected chi connectivity index (χ2v) is 7.48. The first-order chi connectivity index (χ1) is 18.7. The van der Waals surface area contributed by atoms with Gasteiger partial charge in [-0.2, -0.15) is 9.59 Å².